The number of hydrazone groups is 1. The summed E-state index contributed by atoms with van der Waals surface area (Å²) in [5, 5.41) is 3.93. The number of nitrogens with zero attached hydrogens (tertiary/aromatic N) is 1. The summed E-state index contributed by atoms with van der Waals surface area (Å²) in [7, 11) is 0. The second kappa shape index (κ2) is 3.75. The maximum atomic E-state index is 5.98. The van der Waals surface area contributed by atoms with Crippen LogP contribution in [0.5, 0.6) is 11.5 Å². The second-order valence-electron chi connectivity index (χ2n) is 2.81. The SMILES string of the molecule is N/N=C/c1cc(Cl)c2c(c1)OCCO2. The maximum Gasteiger partial charge on any atom is 0.179 e. The Morgan fingerprint density at radius 3 is 2.93 bits per heavy atom. The molecule has 0 spiro atoms. The van der Waals surface area contributed by atoms with E-state index in [4.69, 9.17) is 26.9 Å². The first-order valence-electron chi connectivity index (χ1n) is 4.13. The van der Waals surface area contributed by atoms with Crippen molar-refractivity contribution in [3.05, 3.63) is 22.7 Å². The number of rotatable bonds is 1. The molecule has 0 fully saturated rings. The third-order valence-corrected chi connectivity index (χ3v) is 2.12. The van der Waals surface area contributed by atoms with E-state index in [1.807, 2.05) is 0 Å². The molecule has 0 bridgehead atoms. The molecular weight excluding hydrogens is 204 g/mol. The highest BCUT2D eigenvalue weighted by atomic mass is 35.5. The number of ether oxygens (including phenoxy) is 2. The zero-order chi connectivity index (χ0) is 9.97. The molecule has 1 aliphatic heterocycles. The van der Waals surface area contributed by atoms with Crippen molar-refractivity contribution in [3.63, 3.8) is 0 Å². The fourth-order valence-corrected chi connectivity index (χ4v) is 1.57. The molecule has 0 aliphatic carbocycles. The van der Waals surface area contributed by atoms with Gasteiger partial charge >= 0.3 is 0 Å². The molecule has 5 heteroatoms. The molecule has 2 N–H and O–H groups in total. The van der Waals surface area contributed by atoms with Crippen LogP contribution in [0.3, 0.4) is 0 Å². The number of hydrogen-bond acceptors (Lipinski definition) is 4. The fraction of sp³-hybridized carbons (Fsp3) is 0.222. The van der Waals surface area contributed by atoms with Crippen molar-refractivity contribution in [2.75, 3.05) is 13.2 Å². The first kappa shape index (κ1) is 9.15. The predicted octanol–water partition coefficient (Wildman–Crippen LogP) is 1.40. The number of halogens is 1. The highest BCUT2D eigenvalue weighted by molar-refractivity contribution is 6.32. The summed E-state index contributed by atoms with van der Waals surface area (Å²) >= 11 is 5.98. The van der Waals surface area contributed by atoms with E-state index < -0.39 is 0 Å². The summed E-state index contributed by atoms with van der Waals surface area (Å²) < 4.78 is 10.7. The Balaban J connectivity index is 2.46. The summed E-state index contributed by atoms with van der Waals surface area (Å²) in [6.07, 6.45) is 1.50. The van der Waals surface area contributed by atoms with E-state index in [2.05, 4.69) is 5.10 Å². The third kappa shape index (κ3) is 1.61. The van der Waals surface area contributed by atoms with Gasteiger partial charge in [-0.15, -0.1) is 0 Å². The van der Waals surface area contributed by atoms with Crippen LogP contribution in [-0.4, -0.2) is 19.4 Å². The van der Waals surface area contributed by atoms with Gasteiger partial charge in [0, 0.05) is 0 Å². The van der Waals surface area contributed by atoms with E-state index in [-0.39, 0.29) is 0 Å². The fourth-order valence-electron chi connectivity index (χ4n) is 1.29. The molecule has 0 radical (unpaired) electrons. The largest absolute Gasteiger partial charge is 0.486 e. The molecule has 0 saturated carbocycles. The molecule has 1 aromatic rings. The lowest BCUT2D eigenvalue weighted by molar-refractivity contribution is 0.171. The molecule has 0 saturated heterocycles. The second-order valence-corrected chi connectivity index (χ2v) is 3.21. The standard InChI is InChI=1S/C9H9ClN2O2/c10-7-3-6(5-12-11)4-8-9(7)14-2-1-13-8/h3-5H,1-2,11H2/b12-5+. The minimum Gasteiger partial charge on any atom is -0.486 e. The quantitative estimate of drug-likeness (QED) is 0.435. The minimum absolute atomic E-state index is 0.511. The van der Waals surface area contributed by atoms with E-state index in [1.165, 1.54) is 6.21 Å². The first-order valence-corrected chi connectivity index (χ1v) is 4.51. The monoisotopic (exact) mass is 212 g/mol. The molecule has 1 heterocycles. The van der Waals surface area contributed by atoms with Crippen LogP contribution in [0.15, 0.2) is 17.2 Å². The van der Waals surface area contributed by atoms with E-state index in [0.717, 1.165) is 5.56 Å². The van der Waals surface area contributed by atoms with Gasteiger partial charge in [-0.3, -0.25) is 0 Å². The van der Waals surface area contributed by atoms with Crippen LogP contribution in [0, 0.1) is 0 Å². The zero-order valence-corrected chi connectivity index (χ0v) is 8.12. The van der Waals surface area contributed by atoms with Gasteiger partial charge < -0.3 is 15.3 Å². The van der Waals surface area contributed by atoms with Gasteiger partial charge in [0.25, 0.3) is 0 Å². The zero-order valence-electron chi connectivity index (χ0n) is 7.37. The van der Waals surface area contributed by atoms with Crippen LogP contribution in [0.2, 0.25) is 5.02 Å². The molecule has 74 valence electrons. The average Bonchev–Trinajstić information content (AvgIpc) is 2.18. The van der Waals surface area contributed by atoms with Gasteiger partial charge in [0.05, 0.1) is 11.2 Å². The van der Waals surface area contributed by atoms with Crippen molar-refractivity contribution in [2.24, 2.45) is 10.9 Å². The van der Waals surface area contributed by atoms with E-state index >= 15 is 0 Å². The highest BCUT2D eigenvalue weighted by Crippen LogP contribution is 2.37. The average molecular weight is 213 g/mol. The Kier molecular flexibility index (Phi) is 2.45. The van der Waals surface area contributed by atoms with Gasteiger partial charge in [0.15, 0.2) is 11.5 Å². The molecule has 0 aromatic heterocycles. The van der Waals surface area contributed by atoms with Crippen molar-refractivity contribution in [3.8, 4) is 11.5 Å². The lowest BCUT2D eigenvalue weighted by Gasteiger charge is -2.19. The molecule has 0 amide bonds. The normalized spacial score (nSPS) is 14.6. The molecular formula is C9H9ClN2O2. The molecule has 4 nitrogen and oxygen atoms in total. The Morgan fingerprint density at radius 1 is 1.36 bits per heavy atom. The maximum absolute atomic E-state index is 5.98. The van der Waals surface area contributed by atoms with Crippen LogP contribution in [0.4, 0.5) is 0 Å². The summed E-state index contributed by atoms with van der Waals surface area (Å²) in [4.78, 5) is 0. The van der Waals surface area contributed by atoms with E-state index in [9.17, 15) is 0 Å². The molecule has 1 aliphatic rings. The highest BCUT2D eigenvalue weighted by Gasteiger charge is 2.15. The van der Waals surface area contributed by atoms with Crippen molar-refractivity contribution in [1.29, 1.82) is 0 Å². The van der Waals surface area contributed by atoms with Crippen LogP contribution < -0.4 is 15.3 Å². The number of nitrogens with two attached hydrogens (primary N) is 1. The van der Waals surface area contributed by atoms with Crippen molar-refractivity contribution in [2.45, 2.75) is 0 Å². The third-order valence-electron chi connectivity index (χ3n) is 1.84. The summed E-state index contributed by atoms with van der Waals surface area (Å²) in [6, 6.07) is 3.52. The number of hydrogen-bond donors (Lipinski definition) is 1. The lowest BCUT2D eigenvalue weighted by atomic mass is 10.2. The van der Waals surface area contributed by atoms with E-state index in [1.54, 1.807) is 12.1 Å². The van der Waals surface area contributed by atoms with Crippen LogP contribution in [0.25, 0.3) is 0 Å². The van der Waals surface area contributed by atoms with Gasteiger partial charge in [-0.25, -0.2) is 0 Å². The van der Waals surface area contributed by atoms with Crippen LogP contribution >= 0.6 is 11.6 Å². The Hall–Kier alpha value is -1.42. The summed E-state index contributed by atoms with van der Waals surface area (Å²) in [5.41, 5.74) is 0.793. The molecule has 0 atom stereocenters. The van der Waals surface area contributed by atoms with Gasteiger partial charge in [-0.05, 0) is 17.7 Å². The first-order chi connectivity index (χ1) is 6.81. The topological polar surface area (TPSA) is 56.8 Å². The summed E-state index contributed by atoms with van der Waals surface area (Å²) in [6.45, 7) is 1.06. The van der Waals surface area contributed by atoms with Crippen LogP contribution in [0.1, 0.15) is 5.56 Å². The Labute approximate surface area is 86.3 Å². The minimum atomic E-state index is 0.511. The number of fused-ring (bicyclic) bond motifs is 1. The van der Waals surface area contributed by atoms with Gasteiger partial charge in [-0.1, -0.05) is 11.6 Å². The van der Waals surface area contributed by atoms with Gasteiger partial charge in [-0.2, -0.15) is 5.10 Å². The Bertz CT molecular complexity index is 379. The molecule has 2 rings (SSSR count). The Morgan fingerprint density at radius 2 is 2.14 bits per heavy atom. The summed E-state index contributed by atoms with van der Waals surface area (Å²) in [5.74, 6) is 6.27. The molecule has 1 aromatic carbocycles. The lowest BCUT2D eigenvalue weighted by Crippen LogP contribution is -2.15. The van der Waals surface area contributed by atoms with Crippen LogP contribution in [-0.2, 0) is 0 Å². The van der Waals surface area contributed by atoms with Gasteiger partial charge in [0.2, 0.25) is 0 Å². The smallest absolute Gasteiger partial charge is 0.179 e. The van der Waals surface area contributed by atoms with Crippen molar-refractivity contribution >= 4 is 17.8 Å². The van der Waals surface area contributed by atoms with Crippen molar-refractivity contribution in [1.82, 2.24) is 0 Å². The molecule has 14 heavy (non-hydrogen) atoms. The molecule has 0 unspecified atom stereocenters. The van der Waals surface area contributed by atoms with Crippen molar-refractivity contribution < 1.29 is 9.47 Å². The predicted molar refractivity (Wildman–Crippen MR) is 54.2 cm³/mol. The van der Waals surface area contributed by atoms with Gasteiger partial charge in [0.1, 0.15) is 13.2 Å². The number of benzene rings is 1. The van der Waals surface area contributed by atoms with E-state index in [0.29, 0.717) is 29.7 Å².